The number of nitrogens with zero attached hydrogens (tertiary/aromatic N) is 1. The van der Waals surface area contributed by atoms with Gasteiger partial charge in [0.05, 0.1) is 19.6 Å². The molecule has 0 heterocycles. The van der Waals surface area contributed by atoms with Crippen LogP contribution in [0.1, 0.15) is 238 Å². The van der Waals surface area contributed by atoms with Gasteiger partial charge in [0.25, 0.3) is 0 Å². The molecule has 0 bridgehead atoms. The van der Waals surface area contributed by atoms with Gasteiger partial charge >= 0.3 is 0 Å². The second-order valence-corrected chi connectivity index (χ2v) is 16.8. The predicted molar refractivity (Wildman–Crippen MR) is 242 cm³/mol. The van der Waals surface area contributed by atoms with Gasteiger partial charge in [-0.05, 0) is 116 Å². The van der Waals surface area contributed by atoms with Crippen LogP contribution in [0.4, 0.5) is 0 Å². The van der Waals surface area contributed by atoms with Gasteiger partial charge in [-0.2, -0.15) is 0 Å². The molecule has 0 aliphatic rings. The van der Waals surface area contributed by atoms with E-state index in [9.17, 15) is 0 Å². The lowest BCUT2D eigenvalue weighted by Crippen LogP contribution is -2.49. The van der Waals surface area contributed by atoms with E-state index in [1.54, 1.807) is 5.56 Å². The number of rotatable bonds is 41. The van der Waals surface area contributed by atoms with Crippen LogP contribution in [0.3, 0.4) is 0 Å². The fourth-order valence-electron chi connectivity index (χ4n) is 8.04. The highest BCUT2D eigenvalue weighted by Crippen LogP contribution is 2.23. The van der Waals surface area contributed by atoms with Gasteiger partial charge in [-0.3, -0.25) is 0 Å². The average Bonchev–Trinajstić information content (AvgIpc) is 3.17. The van der Waals surface area contributed by atoms with Crippen LogP contribution in [-0.4, -0.2) is 24.1 Å². The van der Waals surface area contributed by atoms with Crippen molar-refractivity contribution in [3.63, 3.8) is 0 Å². The molecule has 0 aliphatic heterocycles. The molecule has 0 saturated heterocycles. The summed E-state index contributed by atoms with van der Waals surface area (Å²) in [4.78, 5) is 0. The Labute approximate surface area is 334 Å². The van der Waals surface area contributed by atoms with E-state index in [0.29, 0.717) is 0 Å². The SMILES string of the molecule is CCCCCC/C=C/CCCCCCC[N+](CCCCCCC/C=C/CCCCCC)(CCCCCCC/C=C/CCCCCC)Cc1ccccc1. The number of hydrogen-bond donors (Lipinski definition) is 0. The highest BCUT2D eigenvalue weighted by molar-refractivity contribution is 5.13. The molecule has 0 atom stereocenters. The average molecular weight is 733 g/mol. The van der Waals surface area contributed by atoms with Crippen molar-refractivity contribution in [1.29, 1.82) is 0 Å². The molecule has 0 spiro atoms. The number of benzene rings is 1. The van der Waals surface area contributed by atoms with E-state index in [2.05, 4.69) is 87.6 Å². The molecule has 1 aromatic rings. The molecule has 0 N–H and O–H groups in total. The lowest BCUT2D eigenvalue weighted by atomic mass is 10.0. The van der Waals surface area contributed by atoms with E-state index in [-0.39, 0.29) is 0 Å². The fourth-order valence-corrected chi connectivity index (χ4v) is 8.04. The summed E-state index contributed by atoms with van der Waals surface area (Å²) < 4.78 is 1.33. The predicted octanol–water partition coefficient (Wildman–Crippen LogP) is 17.6. The zero-order valence-corrected chi connectivity index (χ0v) is 36.5. The highest BCUT2D eigenvalue weighted by Gasteiger charge is 2.26. The minimum absolute atomic E-state index is 1.23. The van der Waals surface area contributed by atoms with E-state index in [1.165, 1.54) is 243 Å². The molecule has 0 aromatic heterocycles. The zero-order valence-electron chi connectivity index (χ0n) is 36.5. The van der Waals surface area contributed by atoms with Crippen LogP contribution in [0.2, 0.25) is 0 Å². The molecule has 0 fully saturated rings. The molecule has 1 rings (SSSR count). The van der Waals surface area contributed by atoms with Gasteiger partial charge in [0.1, 0.15) is 6.54 Å². The summed E-state index contributed by atoms with van der Waals surface area (Å²) in [6.45, 7) is 12.3. The van der Waals surface area contributed by atoms with Gasteiger partial charge in [0, 0.05) is 5.56 Å². The van der Waals surface area contributed by atoms with Crippen molar-refractivity contribution < 1.29 is 4.48 Å². The van der Waals surface area contributed by atoms with E-state index in [1.807, 2.05) is 0 Å². The van der Waals surface area contributed by atoms with Crippen LogP contribution in [0.15, 0.2) is 66.8 Å². The normalized spacial score (nSPS) is 12.4. The molecule has 0 saturated carbocycles. The molecule has 0 radical (unpaired) electrons. The Hall–Kier alpha value is -1.60. The molecule has 0 aliphatic carbocycles. The third kappa shape index (κ3) is 33.5. The molecule has 0 amide bonds. The number of unbranched alkanes of at least 4 members (excludes halogenated alkanes) is 27. The van der Waals surface area contributed by atoms with Crippen LogP contribution in [0, 0.1) is 0 Å². The van der Waals surface area contributed by atoms with Gasteiger partial charge in [0.15, 0.2) is 0 Å². The fraction of sp³-hybridized carbons (Fsp3) is 0.769. The summed E-state index contributed by atoms with van der Waals surface area (Å²) in [5.74, 6) is 0. The first-order valence-electron chi connectivity index (χ1n) is 24.1. The number of hydrogen-bond acceptors (Lipinski definition) is 0. The van der Waals surface area contributed by atoms with Crippen molar-refractivity contribution in [2.45, 2.75) is 239 Å². The number of allylic oxidation sites excluding steroid dienone is 6. The maximum atomic E-state index is 2.46. The summed E-state index contributed by atoms with van der Waals surface area (Å²) in [5, 5.41) is 0. The topological polar surface area (TPSA) is 0 Å². The first-order valence-corrected chi connectivity index (χ1v) is 24.1. The van der Waals surface area contributed by atoms with E-state index in [4.69, 9.17) is 0 Å². The van der Waals surface area contributed by atoms with Crippen molar-refractivity contribution in [1.82, 2.24) is 0 Å². The molecular weight excluding hydrogens is 639 g/mol. The lowest BCUT2D eigenvalue weighted by molar-refractivity contribution is -0.941. The molecular formula is C52H94N+. The standard InChI is InChI=1S/C52H94N/c1-4-7-10-13-16-19-22-25-28-31-34-37-43-48-53(51-52-46-41-40-42-47-52,49-44-38-35-32-29-26-23-20-17-14-11-8-5-2)50-45-39-36-33-30-27-24-21-18-15-12-9-6-3/h19-24,40-42,46-47H,4-18,25-39,43-45,48-51H2,1-3H3/q+1/b22-19+,23-20+,24-21+. The van der Waals surface area contributed by atoms with Crippen molar-refractivity contribution in [2.75, 3.05) is 19.6 Å². The van der Waals surface area contributed by atoms with Gasteiger partial charge in [-0.25, -0.2) is 0 Å². The molecule has 1 nitrogen and oxygen atoms in total. The third-order valence-corrected chi connectivity index (χ3v) is 11.5. The summed E-state index contributed by atoms with van der Waals surface area (Å²) in [6.07, 6.45) is 60.0. The molecule has 306 valence electrons. The van der Waals surface area contributed by atoms with Crippen molar-refractivity contribution in [2.24, 2.45) is 0 Å². The zero-order chi connectivity index (χ0) is 38.0. The monoisotopic (exact) mass is 733 g/mol. The first-order chi connectivity index (χ1) is 26.3. The Kier molecular flexibility index (Phi) is 37.4. The third-order valence-electron chi connectivity index (χ3n) is 11.5. The van der Waals surface area contributed by atoms with E-state index < -0.39 is 0 Å². The maximum Gasteiger partial charge on any atom is 0.104 e. The highest BCUT2D eigenvalue weighted by atomic mass is 15.3. The Morgan fingerprint density at radius 1 is 0.321 bits per heavy atom. The minimum atomic E-state index is 1.23. The molecule has 0 unspecified atom stereocenters. The van der Waals surface area contributed by atoms with Crippen molar-refractivity contribution in [3.8, 4) is 0 Å². The molecule has 53 heavy (non-hydrogen) atoms. The Morgan fingerprint density at radius 2 is 0.585 bits per heavy atom. The van der Waals surface area contributed by atoms with Crippen molar-refractivity contribution in [3.05, 3.63) is 72.4 Å². The summed E-state index contributed by atoms with van der Waals surface area (Å²) in [5.41, 5.74) is 1.55. The second-order valence-electron chi connectivity index (χ2n) is 16.8. The minimum Gasteiger partial charge on any atom is -0.320 e. The molecule has 1 heteroatoms. The quantitative estimate of drug-likeness (QED) is 0.0357. The van der Waals surface area contributed by atoms with Gasteiger partial charge in [-0.1, -0.05) is 184 Å². The maximum absolute atomic E-state index is 2.46. The Bertz CT molecular complexity index is 837. The Morgan fingerprint density at radius 3 is 0.887 bits per heavy atom. The van der Waals surface area contributed by atoms with E-state index >= 15 is 0 Å². The summed E-state index contributed by atoms with van der Waals surface area (Å²) in [7, 11) is 0. The van der Waals surface area contributed by atoms with Gasteiger partial charge in [-0.15, -0.1) is 0 Å². The van der Waals surface area contributed by atoms with Gasteiger partial charge in [0.2, 0.25) is 0 Å². The van der Waals surface area contributed by atoms with Crippen LogP contribution in [0.5, 0.6) is 0 Å². The number of quaternary nitrogens is 1. The van der Waals surface area contributed by atoms with Crippen LogP contribution in [0.25, 0.3) is 0 Å². The second kappa shape index (κ2) is 40.1. The van der Waals surface area contributed by atoms with Crippen LogP contribution >= 0.6 is 0 Å². The summed E-state index contributed by atoms with van der Waals surface area (Å²) >= 11 is 0. The van der Waals surface area contributed by atoms with Crippen molar-refractivity contribution >= 4 is 0 Å². The van der Waals surface area contributed by atoms with E-state index in [0.717, 1.165) is 0 Å². The first kappa shape index (κ1) is 49.4. The van der Waals surface area contributed by atoms with Crippen LogP contribution < -0.4 is 0 Å². The largest absolute Gasteiger partial charge is 0.320 e. The van der Waals surface area contributed by atoms with Crippen LogP contribution in [-0.2, 0) is 6.54 Å². The summed E-state index contributed by atoms with van der Waals surface area (Å²) in [6, 6.07) is 11.5. The molecule has 1 aromatic carbocycles. The lowest BCUT2D eigenvalue weighted by Gasteiger charge is -2.39. The van der Waals surface area contributed by atoms with Gasteiger partial charge < -0.3 is 4.48 Å². The Balaban J connectivity index is 2.57. The smallest absolute Gasteiger partial charge is 0.104 e.